The Hall–Kier alpha value is -4.48. The minimum Gasteiger partial charge on any atom is -0.392 e. The lowest BCUT2D eigenvalue weighted by atomic mass is 9.99. The van der Waals surface area contributed by atoms with E-state index in [1.54, 1.807) is 18.1 Å². The standard InChI is InChI=1S/C36H37N5O4S/c1-41-24-39-40-36(41)46-23-32-19-33(28-15-13-26(22-42)14-16-28)45-34(44-32)31-12-6-11-30(18-31)29-10-5-9-27(17-29)21-38-35(43)37-20-25-7-3-2-4-8-25/h2-18,24,32-34,42H,19-23H2,1H3,(H2,37,38,43)/t32-,33+,34+/m1/s1. The highest BCUT2D eigenvalue weighted by Crippen LogP contribution is 2.40. The third kappa shape index (κ3) is 8.21. The molecule has 4 aromatic carbocycles. The number of thioether (sulfide) groups is 1. The highest BCUT2D eigenvalue weighted by molar-refractivity contribution is 7.99. The average Bonchev–Trinajstić information content (AvgIpc) is 3.53. The Bertz CT molecular complexity index is 1730. The Morgan fingerprint density at radius 2 is 1.57 bits per heavy atom. The fourth-order valence-electron chi connectivity index (χ4n) is 5.34. The number of hydrogen-bond donors (Lipinski definition) is 3. The van der Waals surface area contributed by atoms with Gasteiger partial charge in [-0.2, -0.15) is 0 Å². The van der Waals surface area contributed by atoms with Gasteiger partial charge < -0.3 is 29.8 Å². The molecular weight excluding hydrogens is 598 g/mol. The number of rotatable bonds is 11. The summed E-state index contributed by atoms with van der Waals surface area (Å²) in [6.07, 6.45) is 1.54. The molecule has 1 aromatic heterocycles. The smallest absolute Gasteiger partial charge is 0.315 e. The number of amides is 2. The molecule has 3 atom stereocenters. The number of aryl methyl sites for hydroxylation is 1. The van der Waals surface area contributed by atoms with Crippen molar-refractivity contribution in [3.63, 3.8) is 0 Å². The second-order valence-electron chi connectivity index (χ2n) is 11.2. The maximum Gasteiger partial charge on any atom is 0.315 e. The van der Waals surface area contributed by atoms with Crippen LogP contribution in [0.5, 0.6) is 0 Å². The van der Waals surface area contributed by atoms with E-state index in [0.29, 0.717) is 25.3 Å². The van der Waals surface area contributed by atoms with Crippen LogP contribution in [0.1, 0.15) is 46.6 Å². The molecule has 46 heavy (non-hydrogen) atoms. The normalized spacial score (nSPS) is 17.8. The topological polar surface area (TPSA) is 111 Å². The Morgan fingerprint density at radius 3 is 2.30 bits per heavy atom. The summed E-state index contributed by atoms with van der Waals surface area (Å²) in [5, 5.41) is 24.4. The third-order valence-electron chi connectivity index (χ3n) is 7.85. The first-order chi connectivity index (χ1) is 22.5. The lowest BCUT2D eigenvalue weighted by Gasteiger charge is -2.36. The molecule has 2 heterocycles. The zero-order valence-corrected chi connectivity index (χ0v) is 26.4. The van der Waals surface area contributed by atoms with E-state index in [9.17, 15) is 9.90 Å². The van der Waals surface area contributed by atoms with Crippen LogP contribution in [0.3, 0.4) is 0 Å². The van der Waals surface area contributed by atoms with Gasteiger partial charge >= 0.3 is 6.03 Å². The minimum absolute atomic E-state index is 0.0000155. The number of aromatic nitrogens is 3. The molecule has 9 nitrogen and oxygen atoms in total. The van der Waals surface area contributed by atoms with E-state index in [4.69, 9.17) is 9.47 Å². The van der Waals surface area contributed by atoms with Gasteiger partial charge in [-0.1, -0.05) is 103 Å². The third-order valence-corrected chi connectivity index (χ3v) is 9.02. The molecule has 6 rings (SSSR count). The van der Waals surface area contributed by atoms with Crippen LogP contribution < -0.4 is 10.6 Å². The molecule has 0 bridgehead atoms. The number of hydrogen-bond acceptors (Lipinski definition) is 7. The number of nitrogens with zero attached hydrogens (tertiary/aromatic N) is 3. The van der Waals surface area contributed by atoms with Gasteiger partial charge in [-0.05, 0) is 45.5 Å². The van der Waals surface area contributed by atoms with Gasteiger partial charge in [0.2, 0.25) is 0 Å². The van der Waals surface area contributed by atoms with Crippen molar-refractivity contribution in [3.8, 4) is 11.1 Å². The summed E-state index contributed by atoms with van der Waals surface area (Å²) in [5.41, 5.74) is 6.93. The van der Waals surface area contributed by atoms with E-state index in [-0.39, 0.29) is 24.8 Å². The van der Waals surface area contributed by atoms with Crippen molar-refractivity contribution < 1.29 is 19.4 Å². The Labute approximate surface area is 273 Å². The molecule has 1 aliphatic heterocycles. The first kappa shape index (κ1) is 31.5. The molecule has 0 spiro atoms. The molecule has 0 saturated carbocycles. The molecule has 3 N–H and O–H groups in total. The van der Waals surface area contributed by atoms with E-state index >= 15 is 0 Å². The quantitative estimate of drug-likeness (QED) is 0.146. The van der Waals surface area contributed by atoms with Gasteiger partial charge in [-0.3, -0.25) is 0 Å². The van der Waals surface area contributed by atoms with Gasteiger partial charge in [0, 0.05) is 37.9 Å². The van der Waals surface area contributed by atoms with E-state index < -0.39 is 6.29 Å². The van der Waals surface area contributed by atoms with Crippen LogP contribution >= 0.6 is 11.8 Å². The number of carbonyl (C=O) groups excluding carboxylic acids is 1. The van der Waals surface area contributed by atoms with Gasteiger partial charge in [-0.25, -0.2) is 4.79 Å². The number of carbonyl (C=O) groups is 1. The van der Waals surface area contributed by atoms with Crippen molar-refractivity contribution >= 4 is 17.8 Å². The summed E-state index contributed by atoms with van der Waals surface area (Å²) >= 11 is 1.61. The number of benzene rings is 4. The summed E-state index contributed by atoms with van der Waals surface area (Å²) in [4.78, 5) is 12.4. The van der Waals surface area contributed by atoms with Crippen LogP contribution in [0.2, 0.25) is 0 Å². The Balaban J connectivity index is 1.15. The zero-order chi connectivity index (χ0) is 31.7. The Morgan fingerprint density at radius 1 is 0.848 bits per heavy atom. The second kappa shape index (κ2) is 15.2. The summed E-state index contributed by atoms with van der Waals surface area (Å²) in [5.74, 6) is 0.700. The molecule has 10 heteroatoms. The van der Waals surface area contributed by atoms with Crippen LogP contribution in [-0.2, 0) is 36.2 Å². The molecule has 2 amide bonds. The van der Waals surface area contributed by atoms with Crippen molar-refractivity contribution in [3.05, 3.63) is 137 Å². The molecule has 5 aromatic rings. The maximum absolute atomic E-state index is 12.4. The SMILES string of the molecule is Cn1cnnc1SC[C@H]1C[C@@H](c2ccc(CO)cc2)O[C@@H](c2cccc(-c3cccc(CNC(=O)NCc4ccccc4)c3)c2)O1. The highest BCUT2D eigenvalue weighted by atomic mass is 32.2. The van der Waals surface area contributed by atoms with Gasteiger partial charge in [-0.15, -0.1) is 10.2 Å². The minimum atomic E-state index is -0.570. The van der Waals surface area contributed by atoms with Crippen molar-refractivity contribution in [2.75, 3.05) is 5.75 Å². The summed E-state index contributed by atoms with van der Waals surface area (Å²) < 4.78 is 15.0. The van der Waals surface area contributed by atoms with E-state index in [1.807, 2.05) is 90.5 Å². The summed E-state index contributed by atoms with van der Waals surface area (Å²) in [6.45, 7) is 0.879. The average molecular weight is 636 g/mol. The zero-order valence-electron chi connectivity index (χ0n) is 25.6. The fourth-order valence-corrected chi connectivity index (χ4v) is 6.25. The molecule has 236 valence electrons. The number of aliphatic hydroxyl groups is 1. The first-order valence-electron chi connectivity index (χ1n) is 15.3. The monoisotopic (exact) mass is 635 g/mol. The van der Waals surface area contributed by atoms with Crippen LogP contribution in [-0.4, -0.2) is 37.8 Å². The van der Waals surface area contributed by atoms with Gasteiger partial charge in [0.25, 0.3) is 0 Å². The summed E-state index contributed by atoms with van der Waals surface area (Å²) in [7, 11) is 1.93. The molecule has 1 aliphatic rings. The van der Waals surface area contributed by atoms with E-state index in [1.165, 1.54) is 0 Å². The molecule has 1 saturated heterocycles. The predicted octanol–water partition coefficient (Wildman–Crippen LogP) is 6.31. The van der Waals surface area contributed by atoms with Crippen LogP contribution in [0.15, 0.2) is 115 Å². The number of urea groups is 1. The van der Waals surface area contributed by atoms with Crippen LogP contribution in [0.25, 0.3) is 11.1 Å². The first-order valence-corrected chi connectivity index (χ1v) is 16.2. The van der Waals surface area contributed by atoms with Crippen LogP contribution in [0, 0.1) is 0 Å². The predicted molar refractivity (Wildman–Crippen MR) is 178 cm³/mol. The van der Waals surface area contributed by atoms with E-state index in [0.717, 1.165) is 44.1 Å². The van der Waals surface area contributed by atoms with Crippen molar-refractivity contribution in [2.45, 2.75) is 49.8 Å². The molecule has 0 radical (unpaired) electrons. The van der Waals surface area contributed by atoms with Gasteiger partial charge in [0.05, 0.1) is 18.8 Å². The molecular formula is C36H37N5O4S. The molecule has 1 fully saturated rings. The second-order valence-corrected chi connectivity index (χ2v) is 12.2. The van der Waals surface area contributed by atoms with Gasteiger partial charge in [0.1, 0.15) is 6.33 Å². The van der Waals surface area contributed by atoms with Gasteiger partial charge in [0.15, 0.2) is 11.4 Å². The lowest BCUT2D eigenvalue weighted by Crippen LogP contribution is -2.34. The molecule has 0 unspecified atom stereocenters. The maximum atomic E-state index is 12.4. The fraction of sp³-hybridized carbons (Fsp3) is 0.250. The highest BCUT2D eigenvalue weighted by Gasteiger charge is 2.32. The lowest BCUT2D eigenvalue weighted by molar-refractivity contribution is -0.245. The summed E-state index contributed by atoms with van der Waals surface area (Å²) in [6, 6.07) is 33.9. The number of aliphatic hydroxyl groups excluding tert-OH is 1. The molecule has 0 aliphatic carbocycles. The van der Waals surface area contributed by atoms with E-state index in [2.05, 4.69) is 45.1 Å². The van der Waals surface area contributed by atoms with Crippen molar-refractivity contribution in [1.29, 1.82) is 0 Å². The number of nitrogens with one attached hydrogen (secondary N) is 2. The van der Waals surface area contributed by atoms with Crippen molar-refractivity contribution in [1.82, 2.24) is 25.4 Å². The van der Waals surface area contributed by atoms with Crippen molar-refractivity contribution in [2.24, 2.45) is 7.05 Å². The van der Waals surface area contributed by atoms with Crippen LogP contribution in [0.4, 0.5) is 4.79 Å². The number of ether oxygens (including phenoxy) is 2. The Kier molecular flexibility index (Phi) is 10.4. The largest absolute Gasteiger partial charge is 0.392 e.